The molecule has 3 N–H and O–H groups in total. The molecule has 0 radical (unpaired) electrons. The molecule has 2 aliphatic rings. The molecular formula is C23H24N4O3. The second kappa shape index (κ2) is 8.54. The van der Waals surface area contributed by atoms with E-state index in [9.17, 15) is 14.7 Å². The average Bonchev–Trinajstić information content (AvgIpc) is 3.60. The maximum Gasteiger partial charge on any atom is 0.254 e. The molecule has 0 spiro atoms. The number of nitrogens with zero attached hydrogens (tertiary/aromatic N) is 2. The van der Waals surface area contributed by atoms with Gasteiger partial charge in [-0.1, -0.05) is 31.1 Å². The van der Waals surface area contributed by atoms with E-state index in [0.29, 0.717) is 11.4 Å². The minimum Gasteiger partial charge on any atom is -0.506 e. The van der Waals surface area contributed by atoms with Crippen LogP contribution in [0.2, 0.25) is 0 Å². The second-order valence-corrected chi connectivity index (χ2v) is 7.97. The number of carbonyl (C=O) groups excluding carboxylic acids is 2. The Morgan fingerprint density at radius 1 is 1.10 bits per heavy atom. The summed E-state index contributed by atoms with van der Waals surface area (Å²) >= 11 is 0. The molecule has 2 fully saturated rings. The molecule has 0 aromatic carbocycles. The third kappa shape index (κ3) is 4.95. The monoisotopic (exact) mass is 404 g/mol. The molecule has 2 aromatic heterocycles. The maximum absolute atomic E-state index is 12.7. The van der Waals surface area contributed by atoms with E-state index in [0.717, 1.165) is 50.5 Å². The average molecular weight is 404 g/mol. The molecule has 7 nitrogen and oxygen atoms in total. The van der Waals surface area contributed by atoms with Crippen LogP contribution in [0.5, 0.6) is 5.75 Å². The molecule has 2 aliphatic carbocycles. The van der Waals surface area contributed by atoms with Gasteiger partial charge in [-0.25, -0.2) is 4.98 Å². The summed E-state index contributed by atoms with van der Waals surface area (Å²) in [7, 11) is 0. The van der Waals surface area contributed by atoms with Crippen molar-refractivity contribution < 1.29 is 14.7 Å². The first kappa shape index (κ1) is 19.9. The van der Waals surface area contributed by atoms with E-state index in [1.807, 2.05) is 6.07 Å². The Hall–Kier alpha value is -3.40. The van der Waals surface area contributed by atoms with E-state index in [1.165, 1.54) is 18.5 Å². The lowest BCUT2D eigenvalue weighted by molar-refractivity contribution is -0.117. The Balaban J connectivity index is 1.48. The number of anilines is 1. The molecular weight excluding hydrogens is 380 g/mol. The summed E-state index contributed by atoms with van der Waals surface area (Å²) in [5.41, 5.74) is 0.399. The molecule has 0 aliphatic heterocycles. The van der Waals surface area contributed by atoms with Gasteiger partial charge in [-0.15, -0.1) is 0 Å². The minimum absolute atomic E-state index is 0.0200. The van der Waals surface area contributed by atoms with Gasteiger partial charge >= 0.3 is 0 Å². The summed E-state index contributed by atoms with van der Waals surface area (Å²) in [5, 5.41) is 15.5. The Labute approximate surface area is 175 Å². The van der Waals surface area contributed by atoms with Crippen molar-refractivity contribution in [3.05, 3.63) is 47.9 Å². The number of aromatic nitrogens is 2. The zero-order chi connectivity index (χ0) is 21.0. The zero-order valence-electron chi connectivity index (χ0n) is 16.6. The molecule has 30 heavy (non-hydrogen) atoms. The number of aromatic hydroxyl groups is 1. The number of rotatable bonds is 4. The summed E-state index contributed by atoms with van der Waals surface area (Å²) in [4.78, 5) is 32.7. The first-order chi connectivity index (χ1) is 14.5. The normalized spacial score (nSPS) is 17.3. The lowest BCUT2D eigenvalue weighted by Crippen LogP contribution is -2.48. The van der Waals surface area contributed by atoms with E-state index in [4.69, 9.17) is 0 Å². The highest BCUT2D eigenvalue weighted by Crippen LogP contribution is 2.30. The third-order valence-electron chi connectivity index (χ3n) is 5.45. The molecule has 0 saturated heterocycles. The van der Waals surface area contributed by atoms with Crippen LogP contribution >= 0.6 is 0 Å². The molecule has 0 atom stereocenters. The summed E-state index contributed by atoms with van der Waals surface area (Å²) in [5.74, 6) is 6.72. The quantitative estimate of drug-likeness (QED) is 0.680. The van der Waals surface area contributed by atoms with Gasteiger partial charge in [0.05, 0.1) is 11.8 Å². The Morgan fingerprint density at radius 2 is 1.90 bits per heavy atom. The van der Waals surface area contributed by atoms with Crippen molar-refractivity contribution in [1.82, 2.24) is 15.3 Å². The van der Waals surface area contributed by atoms with Crippen LogP contribution in [-0.4, -0.2) is 32.4 Å². The van der Waals surface area contributed by atoms with Crippen LogP contribution in [0.1, 0.15) is 60.9 Å². The van der Waals surface area contributed by atoms with Crippen LogP contribution < -0.4 is 10.6 Å². The molecule has 154 valence electrons. The van der Waals surface area contributed by atoms with Crippen LogP contribution in [0.4, 0.5) is 5.82 Å². The van der Waals surface area contributed by atoms with Gasteiger partial charge in [0, 0.05) is 23.9 Å². The van der Waals surface area contributed by atoms with Crippen LogP contribution in [0.25, 0.3) is 0 Å². The molecule has 2 saturated carbocycles. The summed E-state index contributed by atoms with van der Waals surface area (Å²) < 4.78 is 0. The standard InChI is InChI=1S/C23H24N4O3/c28-19-12-18(14-24-15-19)22(30)27-23(9-2-1-3-10-23)11-8-16-4-7-20(25-13-16)26-21(29)17-5-6-17/h4,7,12-15,17,28H,1-3,5-6,9-10H2,(H,27,30)(H,25,26,29). The van der Waals surface area contributed by atoms with Crippen LogP contribution in [-0.2, 0) is 4.79 Å². The van der Waals surface area contributed by atoms with Crippen molar-refractivity contribution in [2.45, 2.75) is 50.5 Å². The highest BCUT2D eigenvalue weighted by Gasteiger charge is 2.32. The molecule has 0 unspecified atom stereocenters. The topological polar surface area (TPSA) is 104 Å². The molecule has 0 bridgehead atoms. The van der Waals surface area contributed by atoms with Gasteiger partial charge in [-0.2, -0.15) is 0 Å². The van der Waals surface area contributed by atoms with Gasteiger partial charge in [0.2, 0.25) is 5.91 Å². The van der Waals surface area contributed by atoms with Crippen LogP contribution in [0.3, 0.4) is 0 Å². The van der Waals surface area contributed by atoms with Crippen molar-refractivity contribution in [2.24, 2.45) is 5.92 Å². The maximum atomic E-state index is 12.7. The number of hydrogen-bond donors (Lipinski definition) is 3. The predicted molar refractivity (Wildman–Crippen MR) is 112 cm³/mol. The van der Waals surface area contributed by atoms with Crippen molar-refractivity contribution in [1.29, 1.82) is 0 Å². The molecule has 2 amide bonds. The van der Waals surface area contributed by atoms with Crippen molar-refractivity contribution >= 4 is 17.6 Å². The van der Waals surface area contributed by atoms with E-state index in [2.05, 4.69) is 32.4 Å². The Morgan fingerprint density at radius 3 is 2.57 bits per heavy atom. The van der Waals surface area contributed by atoms with Crippen molar-refractivity contribution in [3.8, 4) is 17.6 Å². The fourth-order valence-electron chi connectivity index (χ4n) is 3.59. The Kier molecular flexibility index (Phi) is 5.66. The first-order valence-corrected chi connectivity index (χ1v) is 10.3. The highest BCUT2D eigenvalue weighted by molar-refractivity contribution is 5.95. The number of pyridine rings is 2. The van der Waals surface area contributed by atoms with Crippen LogP contribution in [0, 0.1) is 17.8 Å². The third-order valence-corrected chi connectivity index (χ3v) is 5.45. The van der Waals surface area contributed by atoms with Crippen LogP contribution in [0.15, 0.2) is 36.8 Å². The fraction of sp³-hybridized carbons (Fsp3) is 0.391. The summed E-state index contributed by atoms with van der Waals surface area (Å²) in [6.45, 7) is 0. The lowest BCUT2D eigenvalue weighted by atomic mass is 9.81. The van der Waals surface area contributed by atoms with Gasteiger partial charge in [0.15, 0.2) is 0 Å². The minimum atomic E-state index is -0.625. The van der Waals surface area contributed by atoms with Gasteiger partial charge < -0.3 is 15.7 Å². The number of carbonyl (C=O) groups is 2. The molecule has 7 heteroatoms. The van der Waals surface area contributed by atoms with Gasteiger partial charge in [-0.3, -0.25) is 14.6 Å². The van der Waals surface area contributed by atoms with Gasteiger partial charge in [0.25, 0.3) is 5.91 Å². The largest absolute Gasteiger partial charge is 0.506 e. The Bertz CT molecular complexity index is 997. The first-order valence-electron chi connectivity index (χ1n) is 10.3. The van der Waals surface area contributed by atoms with Crippen molar-refractivity contribution in [2.75, 3.05) is 5.32 Å². The predicted octanol–water partition coefficient (Wildman–Crippen LogP) is 3.02. The number of hydrogen-bond acceptors (Lipinski definition) is 5. The SMILES string of the molecule is O=C(NC1(C#Cc2ccc(NC(=O)C3CC3)nc2)CCCCC1)c1cncc(O)c1. The summed E-state index contributed by atoms with van der Waals surface area (Å²) in [6, 6.07) is 4.96. The number of amides is 2. The van der Waals surface area contributed by atoms with E-state index < -0.39 is 5.54 Å². The number of nitrogens with one attached hydrogen (secondary N) is 2. The zero-order valence-corrected chi connectivity index (χ0v) is 16.6. The molecule has 2 heterocycles. The lowest BCUT2D eigenvalue weighted by Gasteiger charge is -2.33. The van der Waals surface area contributed by atoms with E-state index in [1.54, 1.807) is 12.3 Å². The molecule has 4 rings (SSSR count). The smallest absolute Gasteiger partial charge is 0.254 e. The fourth-order valence-corrected chi connectivity index (χ4v) is 3.59. The van der Waals surface area contributed by atoms with E-state index >= 15 is 0 Å². The second-order valence-electron chi connectivity index (χ2n) is 7.97. The van der Waals surface area contributed by atoms with Crippen molar-refractivity contribution in [3.63, 3.8) is 0 Å². The summed E-state index contributed by atoms with van der Waals surface area (Å²) in [6.07, 6.45) is 10.9. The molecule has 2 aromatic rings. The van der Waals surface area contributed by atoms with E-state index in [-0.39, 0.29) is 23.5 Å². The van der Waals surface area contributed by atoms with Gasteiger partial charge in [0.1, 0.15) is 17.1 Å². The highest BCUT2D eigenvalue weighted by atomic mass is 16.3. The van der Waals surface area contributed by atoms with Gasteiger partial charge in [-0.05, 0) is 43.9 Å².